The zero-order chi connectivity index (χ0) is 19.0. The van der Waals surface area contributed by atoms with Crippen molar-refractivity contribution in [2.24, 2.45) is 5.92 Å². The molecule has 140 valence electrons. The molecule has 0 unspecified atom stereocenters. The molecule has 5 atom stereocenters. The Bertz CT molecular complexity index is 526. The smallest absolute Gasteiger partial charge is 0.330 e. The van der Waals surface area contributed by atoms with Gasteiger partial charge in [0.25, 0.3) is 0 Å². The first-order valence-electron chi connectivity index (χ1n) is 8.25. The molecule has 0 saturated carbocycles. The third-order valence-corrected chi connectivity index (χ3v) is 3.77. The summed E-state index contributed by atoms with van der Waals surface area (Å²) in [4.78, 5) is 34.4. The van der Waals surface area contributed by atoms with Gasteiger partial charge in [0, 0.05) is 25.8 Å². The highest BCUT2D eigenvalue weighted by Gasteiger charge is 2.45. The van der Waals surface area contributed by atoms with Crippen molar-refractivity contribution in [1.82, 2.24) is 0 Å². The molecule has 1 fully saturated rings. The molecular weight excluding hydrogens is 328 g/mol. The summed E-state index contributed by atoms with van der Waals surface area (Å²) in [5, 5.41) is 0. The molecule has 1 aliphatic heterocycles. The van der Waals surface area contributed by atoms with Crippen LogP contribution in [-0.2, 0) is 33.3 Å². The highest BCUT2D eigenvalue weighted by molar-refractivity contribution is 5.82. The lowest BCUT2D eigenvalue weighted by Gasteiger charge is -2.43. The summed E-state index contributed by atoms with van der Waals surface area (Å²) in [6.45, 7) is 10.1. The molecule has 0 aliphatic carbocycles. The van der Waals surface area contributed by atoms with Crippen LogP contribution in [0.2, 0.25) is 0 Å². The SMILES string of the molecule is C=CC[C@@H]1O[C@@H](/C=C/C(=O)OCC)[C@@H](OC(C)=O)[C@H](C)[C@H]1OC(C)=O. The Hall–Kier alpha value is -2.15. The first-order chi connectivity index (χ1) is 11.8. The zero-order valence-electron chi connectivity index (χ0n) is 15.1. The van der Waals surface area contributed by atoms with Gasteiger partial charge in [0.2, 0.25) is 0 Å². The Morgan fingerprint density at radius 3 is 2.24 bits per heavy atom. The molecule has 0 N–H and O–H groups in total. The van der Waals surface area contributed by atoms with Crippen LogP contribution >= 0.6 is 0 Å². The molecule has 0 bridgehead atoms. The number of esters is 3. The van der Waals surface area contributed by atoms with Crippen LogP contribution in [0.3, 0.4) is 0 Å². The summed E-state index contributed by atoms with van der Waals surface area (Å²) in [5.41, 5.74) is 0. The van der Waals surface area contributed by atoms with Crippen LogP contribution in [0.4, 0.5) is 0 Å². The predicted octanol–water partition coefficient (Wildman–Crippen LogP) is 1.95. The van der Waals surface area contributed by atoms with Gasteiger partial charge in [-0.1, -0.05) is 13.0 Å². The van der Waals surface area contributed by atoms with Crippen molar-refractivity contribution in [2.45, 2.75) is 58.5 Å². The van der Waals surface area contributed by atoms with E-state index in [2.05, 4.69) is 6.58 Å². The standard InChI is InChI=1S/C18H26O7/c1-6-8-14-17(23-12(4)19)11(3)18(24-13(5)20)15(25-14)9-10-16(21)22-7-2/h6,9-11,14-15,17-18H,1,7-8H2,2-5H3/b10-9+/t11-,14+,15+,17-,18+/m1/s1. The van der Waals surface area contributed by atoms with Crippen molar-refractivity contribution < 1.29 is 33.3 Å². The van der Waals surface area contributed by atoms with Crippen molar-refractivity contribution in [2.75, 3.05) is 6.61 Å². The van der Waals surface area contributed by atoms with Crippen LogP contribution < -0.4 is 0 Å². The van der Waals surface area contributed by atoms with Gasteiger partial charge in [-0.15, -0.1) is 6.58 Å². The van der Waals surface area contributed by atoms with Crippen molar-refractivity contribution in [3.05, 3.63) is 24.8 Å². The largest absolute Gasteiger partial charge is 0.463 e. The van der Waals surface area contributed by atoms with Gasteiger partial charge in [-0.2, -0.15) is 0 Å². The van der Waals surface area contributed by atoms with Crippen LogP contribution in [0, 0.1) is 5.92 Å². The second-order valence-corrected chi connectivity index (χ2v) is 5.78. The summed E-state index contributed by atoms with van der Waals surface area (Å²) in [6, 6.07) is 0. The van der Waals surface area contributed by atoms with E-state index in [1.165, 1.54) is 26.0 Å². The lowest BCUT2D eigenvalue weighted by Crippen LogP contribution is -2.55. The first kappa shape index (κ1) is 20.9. The summed E-state index contributed by atoms with van der Waals surface area (Å²) in [7, 11) is 0. The molecular formula is C18H26O7. The lowest BCUT2D eigenvalue weighted by atomic mass is 9.85. The number of carbonyl (C=O) groups excluding carboxylic acids is 3. The predicted molar refractivity (Wildman–Crippen MR) is 89.5 cm³/mol. The fourth-order valence-corrected chi connectivity index (χ4v) is 2.79. The number of rotatable bonds is 7. The monoisotopic (exact) mass is 354 g/mol. The van der Waals surface area contributed by atoms with E-state index < -0.39 is 42.3 Å². The van der Waals surface area contributed by atoms with Gasteiger partial charge in [-0.05, 0) is 19.4 Å². The third-order valence-electron chi connectivity index (χ3n) is 3.77. The number of hydrogen-bond donors (Lipinski definition) is 0. The maximum atomic E-state index is 11.6. The van der Waals surface area contributed by atoms with Crippen LogP contribution in [0.25, 0.3) is 0 Å². The average molecular weight is 354 g/mol. The Balaban J connectivity index is 3.06. The molecule has 0 radical (unpaired) electrons. The lowest BCUT2D eigenvalue weighted by molar-refractivity contribution is -0.211. The number of hydrogen-bond acceptors (Lipinski definition) is 7. The average Bonchev–Trinajstić information content (AvgIpc) is 2.52. The van der Waals surface area contributed by atoms with E-state index >= 15 is 0 Å². The second kappa shape index (κ2) is 9.98. The van der Waals surface area contributed by atoms with E-state index in [9.17, 15) is 14.4 Å². The van der Waals surface area contributed by atoms with Crippen molar-refractivity contribution in [1.29, 1.82) is 0 Å². The minimum Gasteiger partial charge on any atom is -0.463 e. The molecule has 0 spiro atoms. The summed E-state index contributed by atoms with van der Waals surface area (Å²) >= 11 is 0. The summed E-state index contributed by atoms with van der Waals surface area (Å²) in [5.74, 6) is -1.78. The Labute approximate surface area is 147 Å². The fourth-order valence-electron chi connectivity index (χ4n) is 2.79. The van der Waals surface area contributed by atoms with Gasteiger partial charge in [-0.25, -0.2) is 4.79 Å². The molecule has 1 saturated heterocycles. The van der Waals surface area contributed by atoms with E-state index in [1.54, 1.807) is 13.0 Å². The molecule has 0 aromatic rings. The maximum Gasteiger partial charge on any atom is 0.330 e. The Morgan fingerprint density at radius 1 is 1.12 bits per heavy atom. The summed E-state index contributed by atoms with van der Waals surface area (Å²) in [6.07, 6.45) is 2.43. The van der Waals surface area contributed by atoms with Crippen molar-refractivity contribution >= 4 is 17.9 Å². The van der Waals surface area contributed by atoms with E-state index in [4.69, 9.17) is 18.9 Å². The molecule has 1 rings (SSSR count). The third kappa shape index (κ3) is 6.34. The van der Waals surface area contributed by atoms with Gasteiger partial charge in [0.15, 0.2) is 0 Å². The molecule has 0 amide bonds. The van der Waals surface area contributed by atoms with Crippen LogP contribution in [0.5, 0.6) is 0 Å². The molecule has 0 aromatic carbocycles. The van der Waals surface area contributed by atoms with Crippen LogP contribution in [0.15, 0.2) is 24.8 Å². The second-order valence-electron chi connectivity index (χ2n) is 5.78. The molecule has 1 heterocycles. The zero-order valence-corrected chi connectivity index (χ0v) is 15.1. The topological polar surface area (TPSA) is 88.1 Å². The van der Waals surface area contributed by atoms with Gasteiger partial charge >= 0.3 is 17.9 Å². The van der Waals surface area contributed by atoms with Crippen LogP contribution in [-0.4, -0.2) is 48.9 Å². The summed E-state index contributed by atoms with van der Waals surface area (Å²) < 4.78 is 21.5. The minimum absolute atomic E-state index is 0.256. The van der Waals surface area contributed by atoms with Crippen molar-refractivity contribution in [3.8, 4) is 0 Å². The number of ether oxygens (including phenoxy) is 4. The highest BCUT2D eigenvalue weighted by Crippen LogP contribution is 2.33. The normalized spacial score (nSPS) is 29.0. The fraction of sp³-hybridized carbons (Fsp3) is 0.611. The van der Waals surface area contributed by atoms with Gasteiger partial charge in [-0.3, -0.25) is 9.59 Å². The van der Waals surface area contributed by atoms with Crippen molar-refractivity contribution in [3.63, 3.8) is 0 Å². The van der Waals surface area contributed by atoms with Crippen LogP contribution in [0.1, 0.15) is 34.1 Å². The number of carbonyl (C=O) groups is 3. The molecule has 25 heavy (non-hydrogen) atoms. The first-order valence-corrected chi connectivity index (χ1v) is 8.25. The Kier molecular flexibility index (Phi) is 8.34. The maximum absolute atomic E-state index is 11.6. The highest BCUT2D eigenvalue weighted by atomic mass is 16.6. The molecule has 1 aliphatic rings. The van der Waals surface area contributed by atoms with E-state index in [0.29, 0.717) is 6.42 Å². The minimum atomic E-state index is -0.700. The van der Waals surface area contributed by atoms with E-state index in [1.807, 2.05) is 6.92 Å². The molecule has 7 nitrogen and oxygen atoms in total. The Morgan fingerprint density at radius 2 is 1.72 bits per heavy atom. The van der Waals surface area contributed by atoms with E-state index in [-0.39, 0.29) is 12.5 Å². The van der Waals surface area contributed by atoms with Gasteiger partial charge < -0.3 is 18.9 Å². The van der Waals surface area contributed by atoms with Gasteiger partial charge in [0.05, 0.1) is 12.7 Å². The quantitative estimate of drug-likeness (QED) is 0.299. The molecule has 0 aromatic heterocycles. The van der Waals surface area contributed by atoms with E-state index in [0.717, 1.165) is 0 Å². The van der Waals surface area contributed by atoms with Gasteiger partial charge in [0.1, 0.15) is 18.3 Å². The molecule has 7 heteroatoms.